The molecule has 2 N–H and O–H groups in total. The Bertz CT molecular complexity index is 935. The Morgan fingerprint density at radius 1 is 1.00 bits per heavy atom. The Kier molecular flexibility index (Phi) is 5.38. The summed E-state index contributed by atoms with van der Waals surface area (Å²) in [6.45, 7) is 0.259. The van der Waals surface area contributed by atoms with Gasteiger partial charge in [-0.2, -0.15) is 0 Å². The van der Waals surface area contributed by atoms with Crippen molar-refractivity contribution in [2.24, 2.45) is 0 Å². The van der Waals surface area contributed by atoms with E-state index >= 15 is 0 Å². The van der Waals surface area contributed by atoms with Gasteiger partial charge in [0, 0.05) is 23.3 Å². The van der Waals surface area contributed by atoms with E-state index in [9.17, 15) is 13.6 Å². The highest BCUT2D eigenvalue weighted by Crippen LogP contribution is 2.17. The molecule has 3 rings (SSSR count). The van der Waals surface area contributed by atoms with Crippen LogP contribution in [0.15, 0.2) is 54.6 Å². The van der Waals surface area contributed by atoms with Gasteiger partial charge in [-0.05, 0) is 35.9 Å². The maximum atomic E-state index is 13.2. The number of aromatic nitrogens is 2. The predicted molar refractivity (Wildman–Crippen MR) is 94.3 cm³/mol. The summed E-state index contributed by atoms with van der Waals surface area (Å²) in [6.07, 6.45) is 0. The maximum absolute atomic E-state index is 13.2. The van der Waals surface area contributed by atoms with E-state index in [4.69, 9.17) is 11.6 Å². The van der Waals surface area contributed by atoms with Crippen molar-refractivity contribution >= 4 is 29.0 Å². The van der Waals surface area contributed by atoms with E-state index in [2.05, 4.69) is 20.8 Å². The molecule has 0 aliphatic heterocycles. The van der Waals surface area contributed by atoms with Crippen LogP contribution < -0.4 is 10.6 Å². The lowest BCUT2D eigenvalue weighted by molar-refractivity contribution is 0.0945. The number of rotatable bonds is 5. The fraction of sp³-hybridized carbons (Fsp3) is 0.0556. The SMILES string of the molecule is O=C(NCc1ccccc1Cl)c1ccc(Nc2ccc(F)c(F)c2)nn1. The molecular weight excluding hydrogens is 362 g/mol. The molecule has 8 heteroatoms. The lowest BCUT2D eigenvalue weighted by atomic mass is 10.2. The Labute approximate surface area is 153 Å². The minimum atomic E-state index is -0.974. The first-order chi connectivity index (χ1) is 12.5. The normalized spacial score (nSPS) is 10.4. The summed E-state index contributed by atoms with van der Waals surface area (Å²) in [5.41, 5.74) is 1.22. The van der Waals surface area contributed by atoms with Crippen LogP contribution in [0, 0.1) is 11.6 Å². The van der Waals surface area contributed by atoms with E-state index in [0.717, 1.165) is 17.7 Å². The van der Waals surface area contributed by atoms with Crippen molar-refractivity contribution in [3.05, 3.63) is 82.5 Å². The van der Waals surface area contributed by atoms with Crippen LogP contribution in [0.4, 0.5) is 20.3 Å². The van der Waals surface area contributed by atoms with Crippen LogP contribution in [0.3, 0.4) is 0 Å². The number of benzene rings is 2. The van der Waals surface area contributed by atoms with Gasteiger partial charge in [0.25, 0.3) is 5.91 Å². The van der Waals surface area contributed by atoms with Gasteiger partial charge in [-0.3, -0.25) is 4.79 Å². The number of amides is 1. The zero-order chi connectivity index (χ0) is 18.5. The van der Waals surface area contributed by atoms with Crippen molar-refractivity contribution in [3.8, 4) is 0 Å². The fourth-order valence-electron chi connectivity index (χ4n) is 2.15. The number of nitrogens with one attached hydrogen (secondary N) is 2. The topological polar surface area (TPSA) is 66.9 Å². The first-order valence-corrected chi connectivity index (χ1v) is 7.98. The van der Waals surface area contributed by atoms with Crippen LogP contribution in [0.5, 0.6) is 0 Å². The van der Waals surface area contributed by atoms with Gasteiger partial charge < -0.3 is 10.6 Å². The van der Waals surface area contributed by atoms with Crippen LogP contribution in [0.2, 0.25) is 5.02 Å². The van der Waals surface area contributed by atoms with E-state index in [-0.39, 0.29) is 12.2 Å². The van der Waals surface area contributed by atoms with Gasteiger partial charge in [0.2, 0.25) is 0 Å². The molecule has 26 heavy (non-hydrogen) atoms. The van der Waals surface area contributed by atoms with Gasteiger partial charge in [0.05, 0.1) is 0 Å². The van der Waals surface area contributed by atoms with Crippen LogP contribution in [0.25, 0.3) is 0 Å². The van der Waals surface area contributed by atoms with Gasteiger partial charge >= 0.3 is 0 Å². The summed E-state index contributed by atoms with van der Waals surface area (Å²) in [6, 6.07) is 13.5. The third-order valence-electron chi connectivity index (χ3n) is 3.49. The second kappa shape index (κ2) is 7.88. The molecule has 0 saturated heterocycles. The standard InChI is InChI=1S/C18H13ClF2N4O/c19-13-4-2-1-3-11(13)10-22-18(26)16-7-8-17(25-24-16)23-12-5-6-14(20)15(21)9-12/h1-9H,10H2,(H,22,26)(H,23,25). The van der Waals surface area contributed by atoms with Crippen molar-refractivity contribution in [2.75, 3.05) is 5.32 Å². The molecular formula is C18H13ClF2N4O. The number of carbonyl (C=O) groups is 1. The number of hydrogen-bond donors (Lipinski definition) is 2. The first kappa shape index (κ1) is 17.8. The number of halogens is 3. The first-order valence-electron chi connectivity index (χ1n) is 7.60. The van der Waals surface area contributed by atoms with Crippen LogP contribution in [-0.2, 0) is 6.54 Å². The third-order valence-corrected chi connectivity index (χ3v) is 3.86. The summed E-state index contributed by atoms with van der Waals surface area (Å²) >= 11 is 6.03. The van der Waals surface area contributed by atoms with Gasteiger partial charge in [0.15, 0.2) is 23.1 Å². The van der Waals surface area contributed by atoms with Crippen molar-refractivity contribution in [1.29, 1.82) is 0 Å². The lowest BCUT2D eigenvalue weighted by Crippen LogP contribution is -2.24. The molecule has 1 aromatic heterocycles. The van der Waals surface area contributed by atoms with E-state index in [1.807, 2.05) is 12.1 Å². The Morgan fingerprint density at radius 2 is 1.81 bits per heavy atom. The van der Waals surface area contributed by atoms with E-state index < -0.39 is 17.5 Å². The fourth-order valence-corrected chi connectivity index (χ4v) is 2.35. The highest BCUT2D eigenvalue weighted by molar-refractivity contribution is 6.31. The number of nitrogens with zero attached hydrogens (tertiary/aromatic N) is 2. The van der Waals surface area contributed by atoms with Crippen molar-refractivity contribution in [2.45, 2.75) is 6.54 Å². The summed E-state index contributed by atoms with van der Waals surface area (Å²) in [4.78, 5) is 12.1. The smallest absolute Gasteiger partial charge is 0.272 e. The van der Waals surface area contributed by atoms with Crippen molar-refractivity contribution in [3.63, 3.8) is 0 Å². The number of anilines is 2. The molecule has 0 unspecified atom stereocenters. The Morgan fingerprint density at radius 3 is 2.50 bits per heavy atom. The summed E-state index contributed by atoms with van der Waals surface area (Å²) < 4.78 is 26.1. The number of hydrogen-bond acceptors (Lipinski definition) is 4. The van der Waals surface area contributed by atoms with E-state index in [1.165, 1.54) is 18.2 Å². The minimum absolute atomic E-state index is 0.118. The van der Waals surface area contributed by atoms with Crippen molar-refractivity contribution < 1.29 is 13.6 Å². The lowest BCUT2D eigenvalue weighted by Gasteiger charge is -2.08. The molecule has 1 amide bonds. The molecule has 0 atom stereocenters. The molecule has 2 aromatic carbocycles. The average Bonchev–Trinajstić information content (AvgIpc) is 2.64. The predicted octanol–water partition coefficient (Wildman–Crippen LogP) is 4.08. The zero-order valence-corrected chi connectivity index (χ0v) is 14.1. The van der Waals surface area contributed by atoms with Gasteiger partial charge in [0.1, 0.15) is 0 Å². The Hall–Kier alpha value is -3.06. The largest absolute Gasteiger partial charge is 0.347 e. The van der Waals surface area contributed by atoms with E-state index in [0.29, 0.717) is 16.5 Å². The van der Waals surface area contributed by atoms with Gasteiger partial charge in [-0.25, -0.2) is 8.78 Å². The second-order valence-electron chi connectivity index (χ2n) is 5.33. The minimum Gasteiger partial charge on any atom is -0.347 e. The highest BCUT2D eigenvalue weighted by atomic mass is 35.5. The summed E-state index contributed by atoms with van der Waals surface area (Å²) in [5.74, 6) is -2.03. The zero-order valence-electron chi connectivity index (χ0n) is 13.3. The summed E-state index contributed by atoms with van der Waals surface area (Å²) in [7, 11) is 0. The highest BCUT2D eigenvalue weighted by Gasteiger charge is 2.10. The second-order valence-corrected chi connectivity index (χ2v) is 5.74. The van der Waals surface area contributed by atoms with Gasteiger partial charge in [-0.15, -0.1) is 10.2 Å². The average molecular weight is 375 g/mol. The molecule has 0 aliphatic rings. The number of carbonyl (C=O) groups excluding carboxylic acids is 1. The van der Waals surface area contributed by atoms with E-state index in [1.54, 1.807) is 12.1 Å². The Balaban J connectivity index is 1.62. The monoisotopic (exact) mass is 374 g/mol. The molecule has 0 spiro atoms. The molecule has 0 fully saturated rings. The molecule has 3 aromatic rings. The quantitative estimate of drug-likeness (QED) is 0.706. The molecule has 5 nitrogen and oxygen atoms in total. The molecule has 1 heterocycles. The molecule has 0 bridgehead atoms. The van der Waals surface area contributed by atoms with Crippen LogP contribution in [-0.4, -0.2) is 16.1 Å². The van der Waals surface area contributed by atoms with Crippen molar-refractivity contribution in [1.82, 2.24) is 15.5 Å². The maximum Gasteiger partial charge on any atom is 0.272 e. The molecule has 0 radical (unpaired) electrons. The third kappa shape index (κ3) is 4.31. The molecule has 0 saturated carbocycles. The molecule has 132 valence electrons. The van der Waals surface area contributed by atoms with Crippen LogP contribution >= 0.6 is 11.6 Å². The molecule has 0 aliphatic carbocycles. The van der Waals surface area contributed by atoms with Crippen LogP contribution in [0.1, 0.15) is 16.1 Å². The van der Waals surface area contributed by atoms with Gasteiger partial charge in [-0.1, -0.05) is 29.8 Å². The summed E-state index contributed by atoms with van der Waals surface area (Å²) in [5, 5.41) is 13.7.